The summed E-state index contributed by atoms with van der Waals surface area (Å²) in [6.45, 7) is 17.8. The number of carbonyl (C=O) groups is 1. The van der Waals surface area contributed by atoms with Crippen molar-refractivity contribution in [3.63, 3.8) is 0 Å². The van der Waals surface area contributed by atoms with E-state index in [1.165, 1.54) is 0 Å². The fourth-order valence-electron chi connectivity index (χ4n) is 4.43. The predicted molar refractivity (Wildman–Crippen MR) is 77.3 cm³/mol. The van der Waals surface area contributed by atoms with Gasteiger partial charge in [0.1, 0.15) is 0 Å². The molecule has 2 heteroatoms. The van der Waals surface area contributed by atoms with Crippen molar-refractivity contribution in [3.05, 3.63) is 0 Å². The number of nitrogens with zero attached hydrogens (tertiary/aromatic N) is 1. The van der Waals surface area contributed by atoms with Crippen molar-refractivity contribution in [2.75, 3.05) is 7.05 Å². The highest BCUT2D eigenvalue weighted by molar-refractivity contribution is 5.84. The third-order valence-electron chi connectivity index (χ3n) is 5.19. The Bertz CT molecular complexity index is 328. The number of hydrogen-bond acceptors (Lipinski definition) is 1. The van der Waals surface area contributed by atoms with Crippen molar-refractivity contribution in [2.24, 2.45) is 29.1 Å². The molecule has 1 heterocycles. The Labute approximate surface area is 113 Å². The van der Waals surface area contributed by atoms with E-state index in [9.17, 15) is 4.79 Å². The molecule has 0 aliphatic carbocycles. The smallest absolute Gasteiger partial charge is 0.228 e. The van der Waals surface area contributed by atoms with Crippen LogP contribution in [0.25, 0.3) is 0 Å². The number of piperidine rings is 1. The van der Waals surface area contributed by atoms with Gasteiger partial charge in [-0.2, -0.15) is 0 Å². The Balaban J connectivity index is 3.37. The zero-order valence-electron chi connectivity index (χ0n) is 13.7. The van der Waals surface area contributed by atoms with Gasteiger partial charge in [-0.3, -0.25) is 4.79 Å². The normalized spacial score (nSPS) is 31.3. The van der Waals surface area contributed by atoms with E-state index in [-0.39, 0.29) is 11.0 Å². The second-order valence-corrected chi connectivity index (χ2v) is 7.78. The first-order valence-corrected chi connectivity index (χ1v) is 7.24. The van der Waals surface area contributed by atoms with Crippen LogP contribution >= 0.6 is 0 Å². The van der Waals surface area contributed by atoms with Gasteiger partial charge in [-0.15, -0.1) is 0 Å². The van der Waals surface area contributed by atoms with Crippen LogP contribution < -0.4 is 0 Å². The Morgan fingerprint density at radius 3 is 1.67 bits per heavy atom. The van der Waals surface area contributed by atoms with Gasteiger partial charge in [0.25, 0.3) is 0 Å². The van der Waals surface area contributed by atoms with Crippen molar-refractivity contribution >= 4 is 5.91 Å². The van der Waals surface area contributed by atoms with Gasteiger partial charge >= 0.3 is 0 Å². The van der Waals surface area contributed by atoms with E-state index < -0.39 is 0 Å². The molecule has 1 rings (SSSR count). The van der Waals surface area contributed by atoms with Crippen molar-refractivity contribution in [2.45, 2.75) is 60.9 Å². The highest BCUT2D eigenvalue weighted by atomic mass is 16.2. The van der Waals surface area contributed by atoms with Crippen molar-refractivity contribution in [1.29, 1.82) is 0 Å². The molecule has 1 amide bonds. The summed E-state index contributed by atoms with van der Waals surface area (Å²) in [6.07, 6.45) is 0. The van der Waals surface area contributed by atoms with E-state index in [0.29, 0.717) is 29.6 Å². The summed E-state index contributed by atoms with van der Waals surface area (Å²) in [7, 11) is 1.97. The quantitative estimate of drug-likeness (QED) is 0.733. The van der Waals surface area contributed by atoms with Crippen LogP contribution in [0.5, 0.6) is 0 Å². The number of likely N-dealkylation sites (tertiary alicyclic amines) is 1. The predicted octanol–water partition coefficient (Wildman–Crippen LogP) is 3.81. The summed E-state index contributed by atoms with van der Waals surface area (Å²) in [6, 6.07) is 0. The molecule has 0 aromatic carbocycles. The highest BCUT2D eigenvalue weighted by Crippen LogP contribution is 2.52. The molecule has 0 bridgehead atoms. The van der Waals surface area contributed by atoms with Crippen LogP contribution in [0.3, 0.4) is 0 Å². The molecule has 0 aromatic rings. The second kappa shape index (κ2) is 4.54. The first-order valence-electron chi connectivity index (χ1n) is 7.24. The summed E-state index contributed by atoms with van der Waals surface area (Å²) in [4.78, 5) is 14.7. The molecular weight excluding hydrogens is 222 g/mol. The second-order valence-electron chi connectivity index (χ2n) is 7.78. The van der Waals surface area contributed by atoms with Gasteiger partial charge in [0.05, 0.1) is 0 Å². The highest BCUT2D eigenvalue weighted by Gasteiger charge is 2.56. The Hall–Kier alpha value is -0.530. The molecule has 2 nitrogen and oxygen atoms in total. The molecule has 0 spiro atoms. The minimum Gasteiger partial charge on any atom is -0.340 e. The number of carbonyl (C=O) groups excluding carboxylic acids is 1. The van der Waals surface area contributed by atoms with Crippen LogP contribution in [-0.4, -0.2) is 23.4 Å². The first kappa shape index (κ1) is 15.5. The van der Waals surface area contributed by atoms with E-state index in [0.717, 1.165) is 0 Å². The molecule has 0 saturated carbocycles. The molecule has 106 valence electrons. The lowest BCUT2D eigenvalue weighted by Crippen LogP contribution is -2.66. The van der Waals surface area contributed by atoms with E-state index in [2.05, 4.69) is 55.4 Å². The summed E-state index contributed by atoms with van der Waals surface area (Å²) in [5.74, 6) is 2.39. The van der Waals surface area contributed by atoms with Crippen LogP contribution in [0.1, 0.15) is 55.4 Å². The maximum atomic E-state index is 12.7. The minimum atomic E-state index is -0.257. The first-order chi connectivity index (χ1) is 7.95. The number of rotatable bonds is 2. The van der Waals surface area contributed by atoms with Crippen molar-refractivity contribution in [1.82, 2.24) is 4.90 Å². The molecular formula is C16H31NO. The topological polar surface area (TPSA) is 20.3 Å². The molecule has 1 fully saturated rings. The molecule has 2 atom stereocenters. The van der Waals surface area contributed by atoms with Gasteiger partial charge in [0, 0.05) is 18.0 Å². The van der Waals surface area contributed by atoms with Gasteiger partial charge in [-0.05, 0) is 37.5 Å². The van der Waals surface area contributed by atoms with Crippen molar-refractivity contribution in [3.8, 4) is 0 Å². The third kappa shape index (κ3) is 2.08. The summed E-state index contributed by atoms with van der Waals surface area (Å²) >= 11 is 0. The lowest BCUT2D eigenvalue weighted by molar-refractivity contribution is -0.171. The average molecular weight is 253 g/mol. The van der Waals surface area contributed by atoms with E-state index in [1.807, 2.05) is 11.9 Å². The van der Waals surface area contributed by atoms with Crippen molar-refractivity contribution < 1.29 is 4.79 Å². The zero-order chi connectivity index (χ0) is 14.5. The number of amides is 1. The van der Waals surface area contributed by atoms with Crippen LogP contribution in [0.4, 0.5) is 0 Å². The summed E-state index contributed by atoms with van der Waals surface area (Å²) in [5.41, 5.74) is -0.316. The van der Waals surface area contributed by atoms with Crippen LogP contribution in [-0.2, 0) is 4.79 Å². The molecule has 1 aliphatic heterocycles. The lowest BCUT2D eigenvalue weighted by atomic mass is 9.55. The largest absolute Gasteiger partial charge is 0.340 e. The fraction of sp³-hybridized carbons (Fsp3) is 0.938. The Morgan fingerprint density at radius 1 is 0.944 bits per heavy atom. The molecule has 0 aromatic heterocycles. The standard InChI is InChI=1S/C16H31NO/c1-10(2)12-13(11(3)4)16(7,8)17(9)14(18)15(12,5)6/h10-13H,1-9H3. The van der Waals surface area contributed by atoms with Gasteiger partial charge in [-0.1, -0.05) is 41.5 Å². The maximum absolute atomic E-state index is 12.7. The van der Waals surface area contributed by atoms with Crippen LogP contribution in [0.15, 0.2) is 0 Å². The SMILES string of the molecule is CC(C)C1C(C(C)C)C(C)(C)N(C)C(=O)C1(C)C. The van der Waals surface area contributed by atoms with Gasteiger partial charge in [0.2, 0.25) is 5.91 Å². The lowest BCUT2D eigenvalue weighted by Gasteiger charge is -2.59. The molecule has 18 heavy (non-hydrogen) atoms. The monoisotopic (exact) mass is 253 g/mol. The maximum Gasteiger partial charge on any atom is 0.228 e. The van der Waals surface area contributed by atoms with Gasteiger partial charge < -0.3 is 4.90 Å². The third-order valence-corrected chi connectivity index (χ3v) is 5.19. The minimum absolute atomic E-state index is 0.0598. The van der Waals surface area contributed by atoms with E-state index in [4.69, 9.17) is 0 Å². The van der Waals surface area contributed by atoms with Gasteiger partial charge in [-0.25, -0.2) is 0 Å². The van der Waals surface area contributed by atoms with Crippen LogP contribution in [0, 0.1) is 29.1 Å². The molecule has 0 N–H and O–H groups in total. The van der Waals surface area contributed by atoms with E-state index >= 15 is 0 Å². The molecule has 2 unspecified atom stereocenters. The zero-order valence-corrected chi connectivity index (χ0v) is 13.7. The molecule has 1 aliphatic rings. The molecule has 0 radical (unpaired) electrons. The molecule has 1 saturated heterocycles. The van der Waals surface area contributed by atoms with Gasteiger partial charge in [0.15, 0.2) is 0 Å². The Morgan fingerprint density at radius 2 is 1.33 bits per heavy atom. The van der Waals surface area contributed by atoms with Crippen LogP contribution in [0.2, 0.25) is 0 Å². The summed E-state index contributed by atoms with van der Waals surface area (Å²) in [5, 5.41) is 0. The van der Waals surface area contributed by atoms with E-state index in [1.54, 1.807) is 0 Å². The fourth-order valence-corrected chi connectivity index (χ4v) is 4.43. The average Bonchev–Trinajstić information content (AvgIpc) is 2.19. The Kier molecular flexibility index (Phi) is 3.92. The number of hydrogen-bond donors (Lipinski definition) is 0. The summed E-state index contributed by atoms with van der Waals surface area (Å²) < 4.78 is 0.